The molecule has 238 valence electrons. The first kappa shape index (κ1) is 21.2. The Morgan fingerprint density at radius 3 is 1.73 bits per heavy atom. The maximum atomic E-state index is 9.28. The smallest absolute Gasteiger partial charge is 0.164 e. The summed E-state index contributed by atoms with van der Waals surface area (Å²) in [6.07, 6.45) is 0. The third-order valence-electron chi connectivity index (χ3n) is 9.12. The minimum Gasteiger partial charge on any atom is -0.456 e. The Balaban J connectivity index is 1.25. The van der Waals surface area contributed by atoms with Crippen molar-refractivity contribution in [2.75, 3.05) is 0 Å². The predicted octanol–water partition coefficient (Wildman–Crippen LogP) is 12.4. The minimum absolute atomic E-state index is 0.0449. The Kier molecular flexibility index (Phi) is 4.96. The van der Waals surface area contributed by atoms with Gasteiger partial charge in [-0.2, -0.15) is 0 Å². The maximum absolute atomic E-state index is 9.28. The van der Waals surface area contributed by atoms with Crippen molar-refractivity contribution < 1.29 is 16.8 Å². The highest BCUT2D eigenvalue weighted by Gasteiger charge is 2.19. The van der Waals surface area contributed by atoms with Crippen molar-refractivity contribution in [2.45, 2.75) is 0 Å². The summed E-state index contributed by atoms with van der Waals surface area (Å²) < 4.78 is 85.3. The Labute approximate surface area is 307 Å². The van der Waals surface area contributed by atoms with Gasteiger partial charge in [-0.3, -0.25) is 0 Å². The summed E-state index contributed by atoms with van der Waals surface area (Å²) in [5.41, 5.74) is 3.60. The predicted molar refractivity (Wildman–Crippen MR) is 209 cm³/mol. The Morgan fingerprint density at radius 2 is 1.00 bits per heavy atom. The number of rotatable bonds is 5. The molecule has 10 rings (SSSR count). The Morgan fingerprint density at radius 1 is 0.392 bits per heavy atom. The van der Waals surface area contributed by atoms with Crippen molar-refractivity contribution in [3.63, 3.8) is 0 Å². The molecule has 51 heavy (non-hydrogen) atoms. The third kappa shape index (κ3) is 5.04. The van der Waals surface area contributed by atoms with Gasteiger partial charge in [-0.15, -0.1) is 0 Å². The maximum Gasteiger partial charge on any atom is 0.164 e. The van der Waals surface area contributed by atoms with Crippen molar-refractivity contribution in [2.24, 2.45) is 0 Å². The van der Waals surface area contributed by atoms with E-state index in [-0.39, 0.29) is 69.3 Å². The van der Waals surface area contributed by atoms with Crippen LogP contribution >= 0.6 is 0 Å². The van der Waals surface area contributed by atoms with E-state index >= 15 is 0 Å². The highest BCUT2D eigenvalue weighted by molar-refractivity contribution is 6.13. The Bertz CT molecular complexity index is 3400. The van der Waals surface area contributed by atoms with Gasteiger partial charge in [0.05, 0.1) is 12.3 Å². The molecule has 0 aliphatic rings. The number of hydrogen-bond acceptors (Lipinski definition) is 4. The fourth-order valence-corrected chi connectivity index (χ4v) is 6.72. The molecule has 2 heterocycles. The van der Waals surface area contributed by atoms with Crippen molar-refractivity contribution >= 4 is 43.5 Å². The fourth-order valence-electron chi connectivity index (χ4n) is 6.72. The number of hydrogen-bond donors (Lipinski definition) is 0. The van der Waals surface area contributed by atoms with Gasteiger partial charge in [-0.05, 0) is 61.9 Å². The third-order valence-corrected chi connectivity index (χ3v) is 9.12. The van der Waals surface area contributed by atoms with Crippen molar-refractivity contribution in [3.8, 4) is 56.4 Å². The molecule has 0 bridgehead atoms. The zero-order chi connectivity index (χ0) is 41.6. The van der Waals surface area contributed by atoms with Crippen molar-refractivity contribution in [1.29, 1.82) is 0 Å². The summed E-state index contributed by atoms with van der Waals surface area (Å²) in [5, 5.41) is 4.61. The summed E-state index contributed by atoms with van der Waals surface area (Å²) in [4.78, 5) is 14.3. The minimum atomic E-state index is -0.569. The van der Waals surface area contributed by atoms with E-state index in [0.29, 0.717) is 16.5 Å². The van der Waals surface area contributed by atoms with Gasteiger partial charge in [0.2, 0.25) is 0 Å². The number of aromatic nitrogens is 3. The first-order chi connectivity index (χ1) is 29.0. The molecule has 4 heteroatoms. The van der Waals surface area contributed by atoms with E-state index in [0.717, 1.165) is 38.2 Å². The summed E-state index contributed by atoms with van der Waals surface area (Å²) >= 11 is 0. The molecule has 2 aromatic heterocycles. The van der Waals surface area contributed by atoms with Crippen LogP contribution in [0.4, 0.5) is 0 Å². The monoisotopic (exact) mass is 660 g/mol. The van der Waals surface area contributed by atoms with Crippen LogP contribution in [0.25, 0.3) is 99.9 Å². The van der Waals surface area contributed by atoms with Gasteiger partial charge in [0.15, 0.2) is 17.5 Å². The number of furan rings is 1. The van der Waals surface area contributed by atoms with Crippen LogP contribution in [0.5, 0.6) is 0 Å². The van der Waals surface area contributed by atoms with Crippen LogP contribution in [0.3, 0.4) is 0 Å². The lowest BCUT2D eigenvalue weighted by Crippen LogP contribution is -2.00. The summed E-state index contributed by atoms with van der Waals surface area (Å²) in [5.74, 6) is -0.190. The second kappa shape index (κ2) is 11.9. The fraction of sp³-hybridized carbons (Fsp3) is 0. The van der Waals surface area contributed by atoms with Crippen LogP contribution in [-0.2, 0) is 0 Å². The van der Waals surface area contributed by atoms with Gasteiger partial charge in [-0.25, -0.2) is 15.0 Å². The molecule has 0 saturated heterocycles. The van der Waals surface area contributed by atoms with E-state index in [1.165, 1.54) is 6.07 Å². The van der Waals surface area contributed by atoms with E-state index in [1.54, 1.807) is 6.07 Å². The van der Waals surface area contributed by atoms with Gasteiger partial charge in [0, 0.05) is 27.5 Å². The van der Waals surface area contributed by atoms with E-state index in [4.69, 9.17) is 30.3 Å². The number of fused-ring (bicyclic) bond motifs is 5. The largest absolute Gasteiger partial charge is 0.456 e. The highest BCUT2D eigenvalue weighted by Crippen LogP contribution is 2.39. The molecule has 8 aromatic carbocycles. The van der Waals surface area contributed by atoms with Crippen LogP contribution in [0.2, 0.25) is 0 Å². The lowest BCUT2D eigenvalue weighted by molar-refractivity contribution is 0.669. The molecule has 0 aliphatic carbocycles. The van der Waals surface area contributed by atoms with Gasteiger partial charge >= 0.3 is 0 Å². The average Bonchev–Trinajstić information content (AvgIpc) is 3.66. The SMILES string of the molecule is [2H]c1cc([2H])c2oc3c([2H])c([2H])c(-c4cccc5ccccc45)cc3c2c1-c1nc(-c2ccc(-c3cccc4ccccc34)cc2)nc(-c2c([2H])c([2H])c([2H])c([2H])c2[2H])n1. The zero-order valence-corrected chi connectivity index (χ0v) is 26.8. The number of nitrogens with zero attached hydrogens (tertiary/aromatic N) is 3. The molecule has 0 fully saturated rings. The molecule has 0 atom stereocenters. The molecule has 10 aromatic rings. The molecule has 0 N–H and O–H groups in total. The van der Waals surface area contributed by atoms with Gasteiger partial charge in [0.25, 0.3) is 0 Å². The zero-order valence-electron chi connectivity index (χ0n) is 35.8. The summed E-state index contributed by atoms with van der Waals surface area (Å²) in [7, 11) is 0. The highest BCUT2D eigenvalue weighted by atomic mass is 16.3. The molecule has 0 spiro atoms. The molecule has 4 nitrogen and oxygen atoms in total. The van der Waals surface area contributed by atoms with E-state index in [9.17, 15) is 1.37 Å². The first-order valence-electron chi connectivity index (χ1n) is 20.9. The van der Waals surface area contributed by atoms with Gasteiger partial charge in [0.1, 0.15) is 11.2 Å². The van der Waals surface area contributed by atoms with Crippen molar-refractivity contribution in [1.82, 2.24) is 15.0 Å². The van der Waals surface area contributed by atoms with E-state index < -0.39 is 30.2 Å². The van der Waals surface area contributed by atoms with Crippen LogP contribution < -0.4 is 0 Å². The van der Waals surface area contributed by atoms with Crippen molar-refractivity contribution in [3.05, 3.63) is 176 Å². The molecule has 0 amide bonds. The van der Waals surface area contributed by atoms with Crippen LogP contribution in [0.1, 0.15) is 12.3 Å². The summed E-state index contributed by atoms with van der Waals surface area (Å²) in [6, 6.07) is 34.9. The second-order valence-electron chi connectivity index (χ2n) is 12.1. The molecule has 0 saturated carbocycles. The molecular weight excluding hydrogens is 623 g/mol. The standard InChI is InChI=1S/C47H29N3O/c1-2-13-33(14-3-1)45-48-46(34-25-23-32(24-26-34)38-19-8-15-30-11-4-6-17-36(30)38)50-47(49-45)40-21-10-22-43-44(40)41-29-35(27-28-42(41)51-43)39-20-9-16-31-12-5-7-18-37(31)39/h1-29H/i1D,2D,3D,13D,14D,21D,22D,27D,28D. The average molecular weight is 661 g/mol. The molecular formula is C47H29N3O. The van der Waals surface area contributed by atoms with Gasteiger partial charge in [-0.1, -0.05) is 158 Å². The summed E-state index contributed by atoms with van der Waals surface area (Å²) in [6.45, 7) is 0. The molecule has 0 unspecified atom stereocenters. The molecule has 0 aliphatic heterocycles. The van der Waals surface area contributed by atoms with Gasteiger partial charge < -0.3 is 4.42 Å². The van der Waals surface area contributed by atoms with Crippen LogP contribution in [0, 0.1) is 0 Å². The first-order valence-corrected chi connectivity index (χ1v) is 16.4. The van der Waals surface area contributed by atoms with E-state index in [2.05, 4.69) is 18.2 Å². The Hall–Kier alpha value is -6.91. The molecule has 0 radical (unpaired) electrons. The second-order valence-corrected chi connectivity index (χ2v) is 12.1. The van der Waals surface area contributed by atoms with E-state index in [1.807, 2.05) is 91.0 Å². The number of benzene rings is 8. The lowest BCUT2D eigenvalue weighted by atomic mass is 9.96. The quantitative estimate of drug-likeness (QED) is 0.184. The normalized spacial score (nSPS) is 14.0. The van der Waals surface area contributed by atoms with Crippen LogP contribution in [0.15, 0.2) is 180 Å². The topological polar surface area (TPSA) is 51.8 Å². The lowest BCUT2D eigenvalue weighted by Gasteiger charge is -2.11. The van der Waals surface area contributed by atoms with Crippen LogP contribution in [-0.4, -0.2) is 15.0 Å².